The highest BCUT2D eigenvalue weighted by molar-refractivity contribution is 6.33. The van der Waals surface area contributed by atoms with Crippen LogP contribution in [-0.4, -0.2) is 17.9 Å². The van der Waals surface area contributed by atoms with Gasteiger partial charge in [0.25, 0.3) is 5.91 Å². The molecule has 0 aromatic heterocycles. The Kier molecular flexibility index (Phi) is 7.67. The molecule has 1 atom stereocenters. The van der Waals surface area contributed by atoms with Crippen LogP contribution in [0.3, 0.4) is 0 Å². The lowest BCUT2D eigenvalue weighted by atomic mass is 10.0. The van der Waals surface area contributed by atoms with E-state index >= 15 is 0 Å². The van der Waals surface area contributed by atoms with Crippen molar-refractivity contribution in [2.45, 2.75) is 45.2 Å². The van der Waals surface area contributed by atoms with Gasteiger partial charge in [0.15, 0.2) is 0 Å². The summed E-state index contributed by atoms with van der Waals surface area (Å²) in [5.74, 6) is -0.369. The van der Waals surface area contributed by atoms with Crippen molar-refractivity contribution in [3.05, 3.63) is 70.7 Å². The zero-order valence-electron chi connectivity index (χ0n) is 15.2. The maximum Gasteiger partial charge on any atom is 0.253 e. The van der Waals surface area contributed by atoms with Crippen molar-refractivity contribution in [2.24, 2.45) is 0 Å². The average Bonchev–Trinajstić information content (AvgIpc) is 2.66. The average molecular weight is 373 g/mol. The molecule has 0 saturated heterocycles. The zero-order valence-corrected chi connectivity index (χ0v) is 15.9. The number of hydrogen-bond donors (Lipinski definition) is 2. The van der Waals surface area contributed by atoms with Crippen LogP contribution in [0, 0.1) is 0 Å². The minimum Gasteiger partial charge on any atom is -0.353 e. The van der Waals surface area contributed by atoms with Crippen LogP contribution < -0.4 is 10.6 Å². The van der Waals surface area contributed by atoms with Crippen LogP contribution in [0.4, 0.5) is 0 Å². The molecule has 0 aliphatic carbocycles. The van der Waals surface area contributed by atoms with E-state index in [0.717, 1.165) is 18.4 Å². The maximum atomic E-state index is 12.6. The third-order valence-electron chi connectivity index (χ3n) is 4.37. The zero-order chi connectivity index (χ0) is 18.9. The van der Waals surface area contributed by atoms with E-state index in [2.05, 4.69) is 10.6 Å². The van der Waals surface area contributed by atoms with Gasteiger partial charge in [0.2, 0.25) is 5.91 Å². The van der Waals surface area contributed by atoms with Gasteiger partial charge in [-0.1, -0.05) is 67.9 Å². The number of amides is 2. The minimum atomic E-state index is -0.422. The highest BCUT2D eigenvalue weighted by Gasteiger charge is 2.21. The number of hydrogen-bond acceptors (Lipinski definition) is 2. The molecule has 0 fully saturated rings. The van der Waals surface area contributed by atoms with Gasteiger partial charge in [-0.3, -0.25) is 9.59 Å². The van der Waals surface area contributed by atoms with Crippen LogP contribution in [0.25, 0.3) is 0 Å². The van der Waals surface area contributed by atoms with Gasteiger partial charge in [-0.15, -0.1) is 0 Å². The van der Waals surface area contributed by atoms with Crippen molar-refractivity contribution in [1.82, 2.24) is 10.6 Å². The van der Waals surface area contributed by atoms with Crippen molar-refractivity contribution in [3.63, 3.8) is 0 Å². The highest BCUT2D eigenvalue weighted by atomic mass is 35.5. The summed E-state index contributed by atoms with van der Waals surface area (Å²) >= 11 is 6.12. The fraction of sp³-hybridized carbons (Fsp3) is 0.333. The van der Waals surface area contributed by atoms with E-state index < -0.39 is 6.04 Å². The molecule has 0 heterocycles. The van der Waals surface area contributed by atoms with Crippen LogP contribution in [0.1, 0.15) is 55.1 Å². The molecule has 0 unspecified atom stereocenters. The fourth-order valence-corrected chi connectivity index (χ4v) is 3.01. The van der Waals surface area contributed by atoms with Crippen LogP contribution >= 0.6 is 11.6 Å². The van der Waals surface area contributed by atoms with Gasteiger partial charge in [0, 0.05) is 6.04 Å². The van der Waals surface area contributed by atoms with E-state index in [9.17, 15) is 9.59 Å². The summed E-state index contributed by atoms with van der Waals surface area (Å²) < 4.78 is 0. The molecule has 0 radical (unpaired) electrons. The van der Waals surface area contributed by atoms with Gasteiger partial charge in [0.1, 0.15) is 0 Å². The molecule has 2 aromatic carbocycles. The predicted octanol–water partition coefficient (Wildman–Crippen LogP) is 4.51. The number of benzene rings is 2. The van der Waals surface area contributed by atoms with E-state index in [0.29, 0.717) is 10.6 Å². The summed E-state index contributed by atoms with van der Waals surface area (Å²) in [6.45, 7) is 4.09. The van der Waals surface area contributed by atoms with Crippen LogP contribution in [-0.2, 0) is 4.79 Å². The summed E-state index contributed by atoms with van der Waals surface area (Å²) in [5.41, 5.74) is 1.28. The third kappa shape index (κ3) is 5.60. The molecule has 26 heavy (non-hydrogen) atoms. The van der Waals surface area contributed by atoms with Gasteiger partial charge in [0.05, 0.1) is 23.0 Å². The monoisotopic (exact) mass is 372 g/mol. The molecule has 2 aromatic rings. The van der Waals surface area contributed by atoms with Gasteiger partial charge in [-0.25, -0.2) is 0 Å². The van der Waals surface area contributed by atoms with Gasteiger partial charge < -0.3 is 10.6 Å². The lowest BCUT2D eigenvalue weighted by Crippen LogP contribution is -2.38. The maximum absolute atomic E-state index is 12.6. The molecule has 0 aliphatic rings. The molecule has 138 valence electrons. The molecule has 0 spiro atoms. The quantitative estimate of drug-likeness (QED) is 0.716. The number of carbonyl (C=O) groups is 2. The number of rotatable bonds is 8. The third-order valence-corrected chi connectivity index (χ3v) is 4.70. The predicted molar refractivity (Wildman–Crippen MR) is 105 cm³/mol. The van der Waals surface area contributed by atoms with Crippen LogP contribution in [0.2, 0.25) is 5.02 Å². The van der Waals surface area contributed by atoms with E-state index in [-0.39, 0.29) is 24.3 Å². The normalized spacial score (nSPS) is 11.8. The largest absolute Gasteiger partial charge is 0.353 e. The lowest BCUT2D eigenvalue weighted by molar-refractivity contribution is -0.122. The van der Waals surface area contributed by atoms with E-state index in [4.69, 9.17) is 11.6 Å². The van der Waals surface area contributed by atoms with Gasteiger partial charge >= 0.3 is 0 Å². The Morgan fingerprint density at radius 3 is 2.15 bits per heavy atom. The molecule has 4 nitrogen and oxygen atoms in total. The van der Waals surface area contributed by atoms with Gasteiger partial charge in [-0.2, -0.15) is 0 Å². The van der Waals surface area contributed by atoms with Crippen molar-refractivity contribution in [2.75, 3.05) is 0 Å². The first kappa shape index (κ1) is 20.0. The highest BCUT2D eigenvalue weighted by Crippen LogP contribution is 2.20. The van der Waals surface area contributed by atoms with Crippen LogP contribution in [0.5, 0.6) is 0 Å². The molecule has 0 bridgehead atoms. The Hall–Kier alpha value is -2.33. The summed E-state index contributed by atoms with van der Waals surface area (Å²) in [6.07, 6.45) is 1.94. The molecule has 5 heteroatoms. The van der Waals surface area contributed by atoms with Crippen molar-refractivity contribution in [3.8, 4) is 0 Å². The standard InChI is InChI=1S/C21H25ClN2O2/c1-3-16(4-2)23-20(25)14-19(15-10-6-5-7-11-15)24-21(26)17-12-8-9-13-18(17)22/h5-13,16,19H,3-4,14H2,1-2H3,(H,23,25)(H,24,26)/t19-/m1/s1. The molecule has 2 N–H and O–H groups in total. The Bertz CT molecular complexity index is 730. The second-order valence-corrected chi connectivity index (χ2v) is 6.61. The molecule has 2 rings (SSSR count). The van der Waals surface area contributed by atoms with Crippen molar-refractivity contribution >= 4 is 23.4 Å². The van der Waals surface area contributed by atoms with Gasteiger partial charge in [-0.05, 0) is 30.5 Å². The minimum absolute atomic E-state index is 0.0768. The van der Waals surface area contributed by atoms with E-state index in [1.54, 1.807) is 24.3 Å². The molecular weight excluding hydrogens is 348 g/mol. The summed E-state index contributed by atoms with van der Waals surface area (Å²) in [5, 5.41) is 6.36. The SMILES string of the molecule is CCC(CC)NC(=O)C[C@@H](NC(=O)c1ccccc1Cl)c1ccccc1. The second kappa shape index (κ2) is 9.97. The first-order chi connectivity index (χ1) is 12.5. The molecule has 0 aliphatic heterocycles. The lowest BCUT2D eigenvalue weighted by Gasteiger charge is -2.21. The van der Waals surface area contributed by atoms with Crippen molar-refractivity contribution < 1.29 is 9.59 Å². The number of halogens is 1. The first-order valence-corrected chi connectivity index (χ1v) is 9.32. The first-order valence-electron chi connectivity index (χ1n) is 8.94. The Labute approximate surface area is 159 Å². The summed E-state index contributed by atoms with van der Waals surface area (Å²) in [4.78, 5) is 25.1. The molecular formula is C21H25ClN2O2. The fourth-order valence-electron chi connectivity index (χ4n) is 2.78. The smallest absolute Gasteiger partial charge is 0.253 e. The Balaban J connectivity index is 2.16. The van der Waals surface area contributed by atoms with E-state index in [1.807, 2.05) is 44.2 Å². The second-order valence-electron chi connectivity index (χ2n) is 6.20. The van der Waals surface area contributed by atoms with Crippen LogP contribution in [0.15, 0.2) is 54.6 Å². The number of nitrogens with one attached hydrogen (secondary N) is 2. The number of carbonyl (C=O) groups excluding carboxylic acids is 2. The van der Waals surface area contributed by atoms with E-state index in [1.165, 1.54) is 0 Å². The topological polar surface area (TPSA) is 58.2 Å². The summed E-state index contributed by atoms with van der Waals surface area (Å²) in [6, 6.07) is 16.1. The molecule has 2 amide bonds. The Morgan fingerprint density at radius 1 is 0.923 bits per heavy atom. The van der Waals surface area contributed by atoms with Crippen molar-refractivity contribution in [1.29, 1.82) is 0 Å². The molecule has 0 saturated carbocycles. The summed E-state index contributed by atoms with van der Waals surface area (Å²) in [7, 11) is 0. The Morgan fingerprint density at radius 2 is 1.54 bits per heavy atom.